The predicted molar refractivity (Wildman–Crippen MR) is 125 cm³/mol. The summed E-state index contributed by atoms with van der Waals surface area (Å²) in [4.78, 5) is 11.4. The molecule has 2 aliphatic heterocycles. The number of urea groups is 1. The number of ether oxygens (including phenoxy) is 2. The van der Waals surface area contributed by atoms with Crippen molar-refractivity contribution in [3.8, 4) is 5.75 Å². The monoisotopic (exact) mass is 471 g/mol. The Hall–Kier alpha value is -1.19. The van der Waals surface area contributed by atoms with Gasteiger partial charge in [0.2, 0.25) is 0 Å². The zero-order valence-corrected chi connectivity index (χ0v) is 19.4. The van der Waals surface area contributed by atoms with Crippen molar-refractivity contribution in [2.75, 3.05) is 38.0 Å². The van der Waals surface area contributed by atoms with Crippen LogP contribution in [0.1, 0.15) is 31.2 Å². The van der Waals surface area contributed by atoms with Crippen LogP contribution in [0, 0.1) is 0 Å². The minimum Gasteiger partial charge on any atom is -0.491 e. The molecule has 0 spiro atoms. The molecule has 0 aromatic heterocycles. The Labute approximate surface area is 194 Å². The Morgan fingerprint density at radius 3 is 2.84 bits per heavy atom. The molecule has 4 atom stereocenters. The zero-order valence-electron chi connectivity index (χ0n) is 17.9. The van der Waals surface area contributed by atoms with Gasteiger partial charge in [0.1, 0.15) is 18.6 Å². The van der Waals surface area contributed by atoms with E-state index in [1.54, 1.807) is 0 Å². The number of unbranched alkanes of at least 4 members (excludes halogenated alkanes) is 1. The fourth-order valence-corrected chi connectivity index (χ4v) is 5.67. The summed E-state index contributed by atoms with van der Waals surface area (Å²) in [5.41, 5.74) is 1.20. The number of hydrogen-bond acceptors (Lipinski definition) is 6. The van der Waals surface area contributed by atoms with E-state index in [9.17, 15) is 9.90 Å². The molecule has 2 aliphatic rings. The predicted octanol–water partition coefficient (Wildman–Crippen LogP) is 2.50. The van der Waals surface area contributed by atoms with Crippen molar-refractivity contribution in [1.82, 2.24) is 16.0 Å². The van der Waals surface area contributed by atoms with Gasteiger partial charge in [0.05, 0.1) is 25.3 Å². The summed E-state index contributed by atoms with van der Waals surface area (Å²) in [7, 11) is 0. The highest BCUT2D eigenvalue weighted by Crippen LogP contribution is 2.33. The number of aliphatic hydroxyl groups is 1. The van der Waals surface area contributed by atoms with E-state index in [1.807, 2.05) is 36.0 Å². The molecule has 9 heteroatoms. The molecule has 0 radical (unpaired) electrons. The van der Waals surface area contributed by atoms with E-state index in [-0.39, 0.29) is 18.1 Å². The van der Waals surface area contributed by atoms with Crippen molar-refractivity contribution in [2.45, 2.75) is 55.7 Å². The Balaban J connectivity index is 1.13. The SMILES string of the molecule is O=C1NC2CSC(CCCCC(O)NCCOCCOc3ccc(CCCl)cc3)C2N1. The second kappa shape index (κ2) is 13.4. The van der Waals surface area contributed by atoms with Gasteiger partial charge in [0.15, 0.2) is 0 Å². The third-order valence-corrected chi connectivity index (χ3v) is 7.28. The molecule has 2 amide bonds. The van der Waals surface area contributed by atoms with Crippen molar-refractivity contribution in [3.05, 3.63) is 29.8 Å². The number of thioether (sulfide) groups is 1. The topological polar surface area (TPSA) is 91.9 Å². The van der Waals surface area contributed by atoms with Gasteiger partial charge in [-0.05, 0) is 43.4 Å². The average Bonchev–Trinajstić information content (AvgIpc) is 3.31. The lowest BCUT2D eigenvalue weighted by Gasteiger charge is -2.17. The maximum Gasteiger partial charge on any atom is 0.315 e. The summed E-state index contributed by atoms with van der Waals surface area (Å²) in [6.07, 6.45) is 4.15. The molecule has 1 aromatic rings. The number of carbonyl (C=O) groups is 1. The molecule has 174 valence electrons. The van der Waals surface area contributed by atoms with E-state index in [2.05, 4.69) is 16.0 Å². The lowest BCUT2D eigenvalue weighted by molar-refractivity contribution is 0.0782. The molecule has 2 fully saturated rings. The smallest absolute Gasteiger partial charge is 0.315 e. The zero-order chi connectivity index (χ0) is 21.9. The highest BCUT2D eigenvalue weighted by Gasteiger charge is 2.42. The van der Waals surface area contributed by atoms with Crippen LogP contribution in [0.5, 0.6) is 5.75 Å². The minimum absolute atomic E-state index is 0.0366. The first kappa shape index (κ1) is 24.5. The number of fused-ring (bicyclic) bond motifs is 1. The van der Waals surface area contributed by atoms with Crippen molar-refractivity contribution in [2.24, 2.45) is 0 Å². The fraction of sp³-hybridized carbons (Fsp3) is 0.682. The number of aryl methyl sites for hydroxylation is 1. The largest absolute Gasteiger partial charge is 0.491 e. The van der Waals surface area contributed by atoms with E-state index >= 15 is 0 Å². The van der Waals surface area contributed by atoms with E-state index in [0.29, 0.717) is 37.5 Å². The van der Waals surface area contributed by atoms with E-state index in [4.69, 9.17) is 21.1 Å². The molecule has 2 saturated heterocycles. The highest BCUT2D eigenvalue weighted by molar-refractivity contribution is 8.00. The summed E-state index contributed by atoms with van der Waals surface area (Å²) < 4.78 is 11.2. The van der Waals surface area contributed by atoms with E-state index < -0.39 is 6.23 Å². The molecule has 0 saturated carbocycles. The fourth-order valence-electron chi connectivity index (χ4n) is 3.91. The van der Waals surface area contributed by atoms with Gasteiger partial charge in [-0.1, -0.05) is 18.6 Å². The molecular weight excluding hydrogens is 438 g/mol. The van der Waals surface area contributed by atoms with Gasteiger partial charge in [0, 0.05) is 23.4 Å². The van der Waals surface area contributed by atoms with Crippen molar-refractivity contribution in [1.29, 1.82) is 0 Å². The summed E-state index contributed by atoms with van der Waals surface area (Å²) in [5.74, 6) is 2.44. The molecule has 2 heterocycles. The molecule has 4 N–H and O–H groups in total. The lowest BCUT2D eigenvalue weighted by Crippen LogP contribution is -2.36. The van der Waals surface area contributed by atoms with Crippen molar-refractivity contribution in [3.63, 3.8) is 0 Å². The third-order valence-electron chi connectivity index (χ3n) is 5.58. The van der Waals surface area contributed by atoms with Gasteiger partial charge in [0.25, 0.3) is 0 Å². The van der Waals surface area contributed by atoms with Gasteiger partial charge in [-0.3, -0.25) is 5.32 Å². The highest BCUT2D eigenvalue weighted by atomic mass is 35.5. The van der Waals surface area contributed by atoms with Gasteiger partial charge < -0.3 is 25.2 Å². The van der Waals surface area contributed by atoms with E-state index in [1.165, 1.54) is 5.56 Å². The molecule has 1 aromatic carbocycles. The second-order valence-corrected chi connectivity index (χ2v) is 9.57. The number of aliphatic hydroxyl groups excluding tert-OH is 1. The van der Waals surface area contributed by atoms with Crippen molar-refractivity contribution >= 4 is 29.4 Å². The van der Waals surface area contributed by atoms with Crippen LogP contribution in [-0.4, -0.2) is 72.7 Å². The van der Waals surface area contributed by atoms with E-state index in [0.717, 1.165) is 43.6 Å². The molecule has 0 bridgehead atoms. The number of rotatable bonds is 15. The van der Waals surface area contributed by atoms with Crippen LogP contribution in [0.25, 0.3) is 0 Å². The van der Waals surface area contributed by atoms with Crippen molar-refractivity contribution < 1.29 is 19.4 Å². The van der Waals surface area contributed by atoms with Gasteiger partial charge in [-0.2, -0.15) is 11.8 Å². The van der Waals surface area contributed by atoms with Crippen LogP contribution in [-0.2, 0) is 11.2 Å². The molecule has 7 nitrogen and oxygen atoms in total. The molecular formula is C22H34ClN3O4S. The van der Waals surface area contributed by atoms with Crippen LogP contribution in [0.15, 0.2) is 24.3 Å². The minimum atomic E-state index is -0.511. The quantitative estimate of drug-likeness (QED) is 0.136. The van der Waals surface area contributed by atoms with Crippen LogP contribution in [0.3, 0.4) is 0 Å². The first-order chi connectivity index (χ1) is 15.2. The lowest BCUT2D eigenvalue weighted by atomic mass is 10.0. The second-order valence-electron chi connectivity index (χ2n) is 7.92. The number of amides is 2. The molecule has 0 aliphatic carbocycles. The van der Waals surface area contributed by atoms with Gasteiger partial charge in [-0.25, -0.2) is 4.79 Å². The summed E-state index contributed by atoms with van der Waals surface area (Å²) in [6.45, 7) is 2.14. The average molecular weight is 472 g/mol. The summed E-state index contributed by atoms with van der Waals surface area (Å²) in [6, 6.07) is 8.45. The maximum atomic E-state index is 11.4. The van der Waals surface area contributed by atoms with Gasteiger partial charge >= 0.3 is 6.03 Å². The molecule has 4 unspecified atom stereocenters. The Morgan fingerprint density at radius 1 is 1.19 bits per heavy atom. The standard InChI is InChI=1S/C22H34ClN3O4S/c23-10-9-16-5-7-17(8-6-16)30-14-13-29-12-11-24-20(27)4-2-1-3-19-21-18(15-31-19)25-22(28)26-21/h5-8,18-21,24,27H,1-4,9-15H2,(H2,25,26,28). The van der Waals surface area contributed by atoms with Crippen LogP contribution < -0.4 is 20.7 Å². The number of benzene rings is 1. The van der Waals surface area contributed by atoms with Crippen LogP contribution in [0.4, 0.5) is 4.79 Å². The summed E-state index contributed by atoms with van der Waals surface area (Å²) >= 11 is 7.67. The number of alkyl halides is 1. The third kappa shape index (κ3) is 8.35. The van der Waals surface area contributed by atoms with Crippen LogP contribution in [0.2, 0.25) is 0 Å². The van der Waals surface area contributed by atoms with Gasteiger partial charge in [-0.15, -0.1) is 11.6 Å². The van der Waals surface area contributed by atoms with Crippen LogP contribution >= 0.6 is 23.4 Å². The molecule has 3 rings (SSSR count). The normalized spacial score (nSPS) is 23.3. The molecule has 31 heavy (non-hydrogen) atoms. The first-order valence-corrected chi connectivity index (χ1v) is 12.7. The number of halogens is 1. The number of carbonyl (C=O) groups excluding carboxylic acids is 1. The summed E-state index contributed by atoms with van der Waals surface area (Å²) in [5, 5.41) is 19.6. The Bertz CT molecular complexity index is 667. The Kier molecular flexibility index (Phi) is 10.6. The first-order valence-electron chi connectivity index (χ1n) is 11.1. The Morgan fingerprint density at radius 2 is 2.03 bits per heavy atom. The number of hydrogen-bond donors (Lipinski definition) is 4. The number of nitrogens with one attached hydrogen (secondary N) is 3. The maximum absolute atomic E-state index is 11.4.